The van der Waals surface area contributed by atoms with Crippen molar-refractivity contribution in [2.45, 2.75) is 24.7 Å². The van der Waals surface area contributed by atoms with Crippen LogP contribution in [0.4, 0.5) is 10.1 Å². The summed E-state index contributed by atoms with van der Waals surface area (Å²) in [4.78, 5) is 16.2. The van der Waals surface area contributed by atoms with Crippen molar-refractivity contribution in [1.29, 1.82) is 0 Å². The predicted octanol–water partition coefficient (Wildman–Crippen LogP) is 5.77. The van der Waals surface area contributed by atoms with Crippen LogP contribution in [0.1, 0.15) is 34.7 Å². The van der Waals surface area contributed by atoms with E-state index < -0.39 is 5.72 Å². The van der Waals surface area contributed by atoms with Gasteiger partial charge in [0, 0.05) is 12.0 Å². The molecule has 1 spiro atoms. The molecule has 0 radical (unpaired) electrons. The molecule has 2 atom stereocenters. The Morgan fingerprint density at radius 3 is 2.44 bits per heavy atom. The monoisotopic (exact) mass is 475 g/mol. The highest BCUT2D eigenvalue weighted by molar-refractivity contribution is 6.08. The second-order valence-corrected chi connectivity index (χ2v) is 9.30. The van der Waals surface area contributed by atoms with Gasteiger partial charge in [0.1, 0.15) is 11.6 Å². The summed E-state index contributed by atoms with van der Waals surface area (Å²) in [6.45, 7) is 0.427. The molecule has 0 bridgehead atoms. The number of rotatable bonds is 3. The summed E-state index contributed by atoms with van der Waals surface area (Å²) in [7, 11) is 0. The number of nitrogens with zero attached hydrogens (tertiary/aromatic N) is 3. The van der Waals surface area contributed by atoms with Gasteiger partial charge in [0.2, 0.25) is 0 Å². The SMILES string of the molecule is O=C1N(Cc2ccccc2)c2ccccc2[C@@]12Oc1ccccc1[C@H]1CC(c3ccc(F)cc3)=NN12. The molecule has 0 saturated carbocycles. The van der Waals surface area contributed by atoms with E-state index in [1.807, 2.05) is 83.9 Å². The van der Waals surface area contributed by atoms with Gasteiger partial charge in [-0.3, -0.25) is 4.79 Å². The van der Waals surface area contributed by atoms with Gasteiger partial charge in [-0.05, 0) is 35.4 Å². The Hall–Kier alpha value is -4.45. The Morgan fingerprint density at radius 2 is 1.61 bits per heavy atom. The Labute approximate surface area is 208 Å². The minimum Gasteiger partial charge on any atom is -0.453 e. The summed E-state index contributed by atoms with van der Waals surface area (Å²) in [5.41, 5.74) is 3.80. The number of amides is 1. The first kappa shape index (κ1) is 20.9. The van der Waals surface area contributed by atoms with E-state index in [4.69, 9.17) is 9.84 Å². The number of carbonyl (C=O) groups excluding carboxylic acids is 1. The lowest BCUT2D eigenvalue weighted by molar-refractivity contribution is -0.164. The first-order chi connectivity index (χ1) is 17.6. The molecule has 3 aliphatic heterocycles. The molecule has 0 aliphatic carbocycles. The number of hydrogen-bond donors (Lipinski definition) is 0. The summed E-state index contributed by atoms with van der Waals surface area (Å²) >= 11 is 0. The van der Waals surface area contributed by atoms with Crippen LogP contribution in [0.15, 0.2) is 108 Å². The van der Waals surface area contributed by atoms with E-state index in [-0.39, 0.29) is 17.8 Å². The predicted molar refractivity (Wildman–Crippen MR) is 135 cm³/mol. The van der Waals surface area contributed by atoms with E-state index in [2.05, 4.69) is 0 Å². The molecule has 4 aromatic carbocycles. The van der Waals surface area contributed by atoms with Gasteiger partial charge >= 0.3 is 5.72 Å². The minimum absolute atomic E-state index is 0.170. The third kappa shape index (κ3) is 2.94. The zero-order chi connectivity index (χ0) is 24.3. The maximum Gasteiger partial charge on any atom is 0.306 e. The second-order valence-electron chi connectivity index (χ2n) is 9.30. The van der Waals surface area contributed by atoms with Crippen molar-refractivity contribution in [3.8, 4) is 5.75 Å². The van der Waals surface area contributed by atoms with Crippen molar-refractivity contribution in [3.63, 3.8) is 0 Å². The average Bonchev–Trinajstić information content (AvgIpc) is 3.46. The number of para-hydroxylation sites is 2. The van der Waals surface area contributed by atoms with Crippen LogP contribution in [0.3, 0.4) is 0 Å². The molecule has 7 rings (SSSR count). The third-order valence-electron chi connectivity index (χ3n) is 7.22. The number of anilines is 1. The molecular weight excluding hydrogens is 453 g/mol. The number of hydrazone groups is 1. The molecule has 3 heterocycles. The smallest absolute Gasteiger partial charge is 0.306 e. The van der Waals surface area contributed by atoms with Crippen molar-refractivity contribution >= 4 is 17.3 Å². The molecule has 6 heteroatoms. The van der Waals surface area contributed by atoms with E-state index in [0.29, 0.717) is 18.7 Å². The quantitative estimate of drug-likeness (QED) is 0.378. The lowest BCUT2D eigenvalue weighted by Crippen LogP contribution is -2.57. The molecule has 5 nitrogen and oxygen atoms in total. The average molecular weight is 476 g/mol. The summed E-state index contributed by atoms with van der Waals surface area (Å²) in [6, 6.07) is 31.7. The maximum absolute atomic E-state index is 14.4. The number of benzene rings is 4. The van der Waals surface area contributed by atoms with Gasteiger partial charge in [0.15, 0.2) is 0 Å². The highest BCUT2D eigenvalue weighted by Crippen LogP contribution is 2.55. The first-order valence-corrected chi connectivity index (χ1v) is 12.0. The second kappa shape index (κ2) is 7.78. The Balaban J connectivity index is 1.40. The van der Waals surface area contributed by atoms with Gasteiger partial charge in [-0.2, -0.15) is 5.10 Å². The van der Waals surface area contributed by atoms with E-state index in [0.717, 1.165) is 33.7 Å². The number of hydrogen-bond acceptors (Lipinski definition) is 4. The normalized spacial score (nSPS) is 21.6. The molecular formula is C30H22FN3O2. The third-order valence-corrected chi connectivity index (χ3v) is 7.22. The summed E-state index contributed by atoms with van der Waals surface area (Å²) in [5.74, 6) is 0.215. The zero-order valence-corrected chi connectivity index (χ0v) is 19.3. The van der Waals surface area contributed by atoms with Crippen LogP contribution in [0.25, 0.3) is 0 Å². The van der Waals surface area contributed by atoms with Crippen molar-refractivity contribution in [2.75, 3.05) is 4.90 Å². The van der Waals surface area contributed by atoms with Gasteiger partial charge in [0.25, 0.3) is 5.91 Å². The van der Waals surface area contributed by atoms with Crippen LogP contribution < -0.4 is 9.64 Å². The molecule has 176 valence electrons. The molecule has 3 aliphatic rings. The highest BCUT2D eigenvalue weighted by Gasteiger charge is 2.63. The molecule has 36 heavy (non-hydrogen) atoms. The van der Waals surface area contributed by atoms with Gasteiger partial charge in [-0.25, -0.2) is 9.40 Å². The summed E-state index contributed by atoms with van der Waals surface area (Å²) in [5, 5.41) is 6.82. The van der Waals surface area contributed by atoms with Crippen LogP contribution >= 0.6 is 0 Å². The lowest BCUT2D eigenvalue weighted by atomic mass is 9.92. The van der Waals surface area contributed by atoms with Crippen LogP contribution in [-0.4, -0.2) is 16.6 Å². The Kier molecular flexibility index (Phi) is 4.51. The first-order valence-electron chi connectivity index (χ1n) is 12.0. The lowest BCUT2D eigenvalue weighted by Gasteiger charge is -2.44. The van der Waals surface area contributed by atoms with Crippen LogP contribution in [0.5, 0.6) is 5.75 Å². The molecule has 0 N–H and O–H groups in total. The van der Waals surface area contributed by atoms with Crippen LogP contribution in [-0.2, 0) is 17.1 Å². The summed E-state index contributed by atoms with van der Waals surface area (Å²) in [6.07, 6.45) is 0.585. The highest BCUT2D eigenvalue weighted by atomic mass is 19.1. The van der Waals surface area contributed by atoms with E-state index >= 15 is 0 Å². The van der Waals surface area contributed by atoms with E-state index in [1.165, 1.54) is 12.1 Å². The van der Waals surface area contributed by atoms with E-state index in [1.54, 1.807) is 17.0 Å². The number of ether oxygens (including phenoxy) is 1. The topological polar surface area (TPSA) is 45.1 Å². The number of carbonyl (C=O) groups is 1. The molecule has 0 saturated heterocycles. The maximum atomic E-state index is 14.4. The van der Waals surface area contributed by atoms with Crippen molar-refractivity contribution < 1.29 is 13.9 Å². The minimum atomic E-state index is -1.42. The summed E-state index contributed by atoms with van der Waals surface area (Å²) < 4.78 is 20.3. The molecule has 0 aromatic heterocycles. The van der Waals surface area contributed by atoms with Crippen molar-refractivity contribution in [3.05, 3.63) is 131 Å². The Morgan fingerprint density at radius 1 is 0.889 bits per heavy atom. The molecule has 4 aromatic rings. The van der Waals surface area contributed by atoms with Crippen LogP contribution in [0.2, 0.25) is 0 Å². The Bertz CT molecular complexity index is 1520. The van der Waals surface area contributed by atoms with Gasteiger partial charge in [-0.15, -0.1) is 0 Å². The fraction of sp³-hybridized carbons (Fsp3) is 0.133. The standard InChI is InChI=1S/C30H22FN3O2/c31-22-16-14-21(15-17-22)25-18-27-23-10-4-7-13-28(23)36-30(34(27)32-25)24-11-5-6-12-26(24)33(29(30)35)19-20-8-2-1-3-9-20/h1-17,27H,18-19H2/t27-,30-/m1/s1. The number of halogens is 1. The van der Waals surface area contributed by atoms with Crippen molar-refractivity contribution in [2.24, 2.45) is 5.10 Å². The molecule has 0 unspecified atom stereocenters. The fourth-order valence-corrected chi connectivity index (χ4v) is 5.56. The fourth-order valence-electron chi connectivity index (χ4n) is 5.56. The molecule has 1 amide bonds. The number of fused-ring (bicyclic) bond motifs is 6. The van der Waals surface area contributed by atoms with Crippen LogP contribution in [0, 0.1) is 5.82 Å². The van der Waals surface area contributed by atoms with Gasteiger partial charge in [0.05, 0.1) is 29.5 Å². The van der Waals surface area contributed by atoms with E-state index in [9.17, 15) is 9.18 Å². The molecule has 0 fully saturated rings. The largest absolute Gasteiger partial charge is 0.453 e. The van der Waals surface area contributed by atoms with Crippen molar-refractivity contribution in [1.82, 2.24) is 5.01 Å². The van der Waals surface area contributed by atoms with Gasteiger partial charge < -0.3 is 9.64 Å². The van der Waals surface area contributed by atoms with Gasteiger partial charge in [-0.1, -0.05) is 78.9 Å². The zero-order valence-electron chi connectivity index (χ0n) is 19.3.